The van der Waals surface area contributed by atoms with Crippen molar-refractivity contribution in [2.45, 2.75) is 19.4 Å². The van der Waals surface area contributed by atoms with Gasteiger partial charge in [-0.1, -0.05) is 18.2 Å². The molecule has 1 heterocycles. The van der Waals surface area contributed by atoms with E-state index in [4.69, 9.17) is 9.47 Å². The number of guanidine groups is 1. The summed E-state index contributed by atoms with van der Waals surface area (Å²) in [6, 6.07) is 9.79. The molecule has 0 bridgehead atoms. The zero-order chi connectivity index (χ0) is 17.9. The van der Waals surface area contributed by atoms with E-state index in [2.05, 4.69) is 15.6 Å². The molecule has 25 heavy (non-hydrogen) atoms. The summed E-state index contributed by atoms with van der Waals surface area (Å²) in [7, 11) is 1.65. The van der Waals surface area contributed by atoms with Crippen LogP contribution in [-0.2, 0) is 14.3 Å². The molecule has 0 radical (unpaired) electrons. The largest absolute Gasteiger partial charge is 0.382 e. The molecular formula is C18H28N4O3. The monoisotopic (exact) mass is 348 g/mol. The van der Waals surface area contributed by atoms with E-state index in [9.17, 15) is 4.79 Å². The van der Waals surface area contributed by atoms with Crippen LogP contribution >= 0.6 is 0 Å². The van der Waals surface area contributed by atoms with Crippen LogP contribution < -0.4 is 15.5 Å². The second kappa shape index (κ2) is 10.7. The lowest BCUT2D eigenvalue weighted by molar-refractivity contribution is -0.117. The van der Waals surface area contributed by atoms with Gasteiger partial charge in [0.2, 0.25) is 5.91 Å². The normalized spacial score (nSPS) is 17.8. The Balaban J connectivity index is 1.84. The van der Waals surface area contributed by atoms with Crippen LogP contribution in [0.2, 0.25) is 0 Å². The van der Waals surface area contributed by atoms with E-state index in [-0.39, 0.29) is 11.9 Å². The van der Waals surface area contributed by atoms with Crippen molar-refractivity contribution in [2.24, 2.45) is 4.99 Å². The molecule has 138 valence electrons. The van der Waals surface area contributed by atoms with Gasteiger partial charge in [-0.05, 0) is 19.1 Å². The van der Waals surface area contributed by atoms with Gasteiger partial charge in [-0.3, -0.25) is 9.79 Å². The van der Waals surface area contributed by atoms with Gasteiger partial charge in [0.25, 0.3) is 0 Å². The van der Waals surface area contributed by atoms with Crippen LogP contribution in [0.5, 0.6) is 0 Å². The molecule has 1 aliphatic rings. The first kappa shape index (κ1) is 19.2. The van der Waals surface area contributed by atoms with Gasteiger partial charge in [0.05, 0.1) is 32.4 Å². The first-order valence-electron chi connectivity index (χ1n) is 8.71. The average molecular weight is 348 g/mol. The van der Waals surface area contributed by atoms with Crippen LogP contribution in [0.3, 0.4) is 0 Å². The van der Waals surface area contributed by atoms with Gasteiger partial charge >= 0.3 is 0 Å². The lowest BCUT2D eigenvalue weighted by atomic mass is 10.2. The molecule has 2 N–H and O–H groups in total. The summed E-state index contributed by atoms with van der Waals surface area (Å²) < 4.78 is 10.3. The number of ether oxygens (including phenoxy) is 2. The van der Waals surface area contributed by atoms with Gasteiger partial charge in [0.1, 0.15) is 0 Å². The molecule has 0 aromatic heterocycles. The molecular weight excluding hydrogens is 320 g/mol. The van der Waals surface area contributed by atoms with E-state index in [1.165, 1.54) is 0 Å². The molecule has 1 aromatic carbocycles. The number of aliphatic imine (C=N–C) groups is 1. The highest BCUT2D eigenvalue weighted by molar-refractivity contribution is 5.97. The number of anilines is 1. The molecule has 0 aliphatic carbocycles. The molecule has 1 unspecified atom stereocenters. The molecule has 1 fully saturated rings. The van der Waals surface area contributed by atoms with E-state index < -0.39 is 0 Å². The summed E-state index contributed by atoms with van der Waals surface area (Å²) in [5.74, 6) is 0.841. The number of hydrogen-bond acceptors (Lipinski definition) is 4. The third-order valence-corrected chi connectivity index (χ3v) is 3.82. The van der Waals surface area contributed by atoms with Crippen LogP contribution in [0, 0.1) is 0 Å². The Labute approximate surface area is 149 Å². The lowest BCUT2D eigenvalue weighted by Gasteiger charge is -2.19. The molecule has 7 nitrogen and oxygen atoms in total. The van der Waals surface area contributed by atoms with E-state index in [0.29, 0.717) is 45.3 Å². The number of nitrogens with one attached hydrogen (secondary N) is 2. The summed E-state index contributed by atoms with van der Waals surface area (Å²) in [5.41, 5.74) is 0.935. The molecule has 2 rings (SSSR count). The van der Waals surface area contributed by atoms with Gasteiger partial charge in [-0.25, -0.2) is 0 Å². The highest BCUT2D eigenvalue weighted by atomic mass is 16.5. The third-order valence-electron chi connectivity index (χ3n) is 3.82. The van der Waals surface area contributed by atoms with Gasteiger partial charge in [0, 0.05) is 32.3 Å². The molecule has 1 aliphatic heterocycles. The fourth-order valence-corrected chi connectivity index (χ4v) is 2.64. The number of benzene rings is 1. The zero-order valence-corrected chi connectivity index (χ0v) is 15.0. The standard InChI is InChI=1S/C18H28N4O3/c1-3-19-18(20-9-10-25-12-11-24-2)21-15-13-17(23)22(14-15)16-7-5-4-6-8-16/h4-8,15H,3,9-14H2,1-2H3,(H2,19,20,21). The minimum Gasteiger partial charge on any atom is -0.382 e. The van der Waals surface area contributed by atoms with Crippen molar-refractivity contribution in [3.05, 3.63) is 30.3 Å². The Morgan fingerprint density at radius 3 is 2.80 bits per heavy atom. The van der Waals surface area contributed by atoms with Gasteiger partial charge in [0.15, 0.2) is 5.96 Å². The third kappa shape index (κ3) is 6.36. The molecule has 1 saturated heterocycles. The lowest BCUT2D eigenvalue weighted by Crippen LogP contribution is -2.44. The number of amides is 1. The smallest absolute Gasteiger partial charge is 0.229 e. The Bertz CT molecular complexity index is 551. The van der Waals surface area contributed by atoms with Crippen LogP contribution in [0.4, 0.5) is 5.69 Å². The topological polar surface area (TPSA) is 75.2 Å². The number of rotatable bonds is 9. The predicted molar refractivity (Wildman–Crippen MR) is 99.0 cm³/mol. The predicted octanol–water partition coefficient (Wildman–Crippen LogP) is 1.01. The SMILES string of the molecule is CCNC(=NCCOCCOC)NC1CC(=O)N(c2ccccc2)C1. The number of carbonyl (C=O) groups excluding carboxylic acids is 1. The summed E-state index contributed by atoms with van der Waals surface area (Å²) >= 11 is 0. The highest BCUT2D eigenvalue weighted by Gasteiger charge is 2.30. The van der Waals surface area contributed by atoms with E-state index in [1.807, 2.05) is 42.2 Å². The van der Waals surface area contributed by atoms with Crippen LogP contribution in [0.15, 0.2) is 35.3 Å². The number of methoxy groups -OCH3 is 1. The van der Waals surface area contributed by atoms with Gasteiger partial charge in [-0.15, -0.1) is 0 Å². The fourth-order valence-electron chi connectivity index (χ4n) is 2.64. The Kier molecular flexibility index (Phi) is 8.21. The molecule has 1 atom stereocenters. The van der Waals surface area contributed by atoms with Crippen molar-refractivity contribution < 1.29 is 14.3 Å². The average Bonchev–Trinajstić information content (AvgIpc) is 2.99. The second-order valence-corrected chi connectivity index (χ2v) is 5.75. The maximum absolute atomic E-state index is 12.3. The minimum absolute atomic E-state index is 0.0416. The quantitative estimate of drug-likeness (QED) is 0.396. The molecule has 1 amide bonds. The van der Waals surface area contributed by atoms with Crippen molar-refractivity contribution in [1.29, 1.82) is 0 Å². The minimum atomic E-state index is 0.0416. The van der Waals surface area contributed by atoms with Gasteiger partial charge in [-0.2, -0.15) is 0 Å². The van der Waals surface area contributed by atoms with Crippen molar-refractivity contribution in [3.8, 4) is 0 Å². The number of para-hydroxylation sites is 1. The van der Waals surface area contributed by atoms with Crippen LogP contribution in [0.1, 0.15) is 13.3 Å². The first-order valence-corrected chi connectivity index (χ1v) is 8.71. The summed E-state index contributed by atoms with van der Waals surface area (Å²) in [6.07, 6.45) is 0.462. The van der Waals surface area contributed by atoms with Crippen LogP contribution in [0.25, 0.3) is 0 Å². The Hall–Kier alpha value is -2.12. The van der Waals surface area contributed by atoms with Gasteiger partial charge < -0.3 is 25.0 Å². The molecule has 1 aromatic rings. The maximum atomic E-state index is 12.3. The van der Waals surface area contributed by atoms with Crippen molar-refractivity contribution in [1.82, 2.24) is 10.6 Å². The first-order chi connectivity index (χ1) is 12.2. The fraction of sp³-hybridized carbons (Fsp3) is 0.556. The maximum Gasteiger partial charge on any atom is 0.229 e. The van der Waals surface area contributed by atoms with Crippen LogP contribution in [-0.4, -0.2) is 64.5 Å². The Morgan fingerprint density at radius 2 is 2.08 bits per heavy atom. The Morgan fingerprint density at radius 1 is 1.28 bits per heavy atom. The highest BCUT2D eigenvalue weighted by Crippen LogP contribution is 2.20. The summed E-state index contributed by atoms with van der Waals surface area (Å²) in [5, 5.41) is 6.56. The summed E-state index contributed by atoms with van der Waals surface area (Å²) in [6.45, 7) is 5.67. The number of nitrogens with zero attached hydrogens (tertiary/aromatic N) is 2. The number of carbonyl (C=O) groups is 1. The molecule has 0 saturated carbocycles. The molecule has 7 heteroatoms. The van der Waals surface area contributed by atoms with E-state index in [1.54, 1.807) is 7.11 Å². The number of hydrogen-bond donors (Lipinski definition) is 2. The molecule has 0 spiro atoms. The second-order valence-electron chi connectivity index (χ2n) is 5.75. The van der Waals surface area contributed by atoms with Crippen molar-refractivity contribution >= 4 is 17.6 Å². The van der Waals surface area contributed by atoms with Crippen molar-refractivity contribution in [2.75, 3.05) is 51.5 Å². The van der Waals surface area contributed by atoms with E-state index >= 15 is 0 Å². The zero-order valence-electron chi connectivity index (χ0n) is 15.0. The summed E-state index contributed by atoms with van der Waals surface area (Å²) in [4.78, 5) is 18.6. The van der Waals surface area contributed by atoms with E-state index in [0.717, 1.165) is 12.2 Å². The van der Waals surface area contributed by atoms with Crippen molar-refractivity contribution in [3.63, 3.8) is 0 Å².